The van der Waals surface area contributed by atoms with Crippen LogP contribution in [0.4, 0.5) is 22.7 Å². The van der Waals surface area contributed by atoms with Crippen molar-refractivity contribution in [3.63, 3.8) is 0 Å². The van der Waals surface area contributed by atoms with E-state index >= 15 is 0 Å². The SMILES string of the molecule is CCOC(=O)c1csc(NC(=O)c2cnn(-c3ccccc3F)c2C(F)(F)F)n1. The molecule has 1 N–H and O–H groups in total. The molecule has 0 saturated carbocycles. The number of halogens is 4. The van der Waals surface area contributed by atoms with Gasteiger partial charge in [-0.25, -0.2) is 18.9 Å². The molecule has 0 saturated heterocycles. The lowest BCUT2D eigenvalue weighted by molar-refractivity contribution is -0.143. The molecule has 1 amide bonds. The van der Waals surface area contributed by atoms with Gasteiger partial charge in [-0.2, -0.15) is 18.3 Å². The fourth-order valence-corrected chi connectivity index (χ4v) is 3.06. The molecule has 0 bridgehead atoms. The first-order valence-electron chi connectivity index (χ1n) is 8.06. The number of amides is 1. The molecule has 0 aliphatic carbocycles. The molecular formula is C17H12F4N4O3S. The highest BCUT2D eigenvalue weighted by molar-refractivity contribution is 7.14. The molecule has 1 aromatic carbocycles. The van der Waals surface area contributed by atoms with Crippen LogP contribution in [-0.4, -0.2) is 33.2 Å². The van der Waals surface area contributed by atoms with Crippen molar-refractivity contribution in [2.45, 2.75) is 13.1 Å². The summed E-state index contributed by atoms with van der Waals surface area (Å²) in [5, 5.41) is 6.91. The van der Waals surface area contributed by atoms with E-state index in [0.29, 0.717) is 10.9 Å². The average Bonchev–Trinajstić information content (AvgIpc) is 3.29. The van der Waals surface area contributed by atoms with Crippen LogP contribution in [0.3, 0.4) is 0 Å². The summed E-state index contributed by atoms with van der Waals surface area (Å²) in [6.07, 6.45) is -4.31. The number of esters is 1. The standard InChI is InChI=1S/C17H12F4N4O3S/c1-2-28-15(27)11-8-29-16(23-11)24-14(26)9-7-22-25(13(9)17(19,20)21)12-6-4-3-5-10(12)18/h3-8H,2H2,1H3,(H,23,24,26). The number of anilines is 1. The molecular weight excluding hydrogens is 416 g/mol. The molecule has 2 aromatic heterocycles. The molecule has 0 fully saturated rings. The molecule has 7 nitrogen and oxygen atoms in total. The van der Waals surface area contributed by atoms with Crippen molar-refractivity contribution in [2.75, 3.05) is 11.9 Å². The van der Waals surface area contributed by atoms with Crippen LogP contribution in [0.15, 0.2) is 35.8 Å². The van der Waals surface area contributed by atoms with E-state index in [0.717, 1.165) is 23.5 Å². The third kappa shape index (κ3) is 4.26. The van der Waals surface area contributed by atoms with E-state index in [9.17, 15) is 27.2 Å². The van der Waals surface area contributed by atoms with Crippen molar-refractivity contribution in [3.05, 3.63) is 58.6 Å². The number of carbonyl (C=O) groups excluding carboxylic acids is 2. The molecule has 0 aliphatic heterocycles. The smallest absolute Gasteiger partial charge is 0.434 e. The van der Waals surface area contributed by atoms with Crippen LogP contribution in [0, 0.1) is 5.82 Å². The summed E-state index contributed by atoms with van der Waals surface area (Å²) in [6.45, 7) is 1.71. The first-order chi connectivity index (χ1) is 13.7. The number of hydrogen-bond donors (Lipinski definition) is 1. The number of para-hydroxylation sites is 1. The Morgan fingerprint density at radius 1 is 1.28 bits per heavy atom. The van der Waals surface area contributed by atoms with Crippen LogP contribution in [0.25, 0.3) is 5.69 Å². The maximum Gasteiger partial charge on any atom is 0.434 e. The van der Waals surface area contributed by atoms with E-state index in [1.165, 1.54) is 17.5 Å². The zero-order chi connectivity index (χ0) is 21.2. The largest absolute Gasteiger partial charge is 0.461 e. The lowest BCUT2D eigenvalue weighted by Gasteiger charge is -2.13. The highest BCUT2D eigenvalue weighted by atomic mass is 32.1. The van der Waals surface area contributed by atoms with Gasteiger partial charge in [0.15, 0.2) is 16.5 Å². The quantitative estimate of drug-likeness (QED) is 0.492. The molecule has 29 heavy (non-hydrogen) atoms. The van der Waals surface area contributed by atoms with Crippen LogP contribution in [0.2, 0.25) is 0 Å². The Kier molecular flexibility index (Phi) is 5.64. The van der Waals surface area contributed by atoms with E-state index in [2.05, 4.69) is 15.4 Å². The fraction of sp³-hybridized carbons (Fsp3) is 0.176. The number of rotatable bonds is 5. The number of thiazole rings is 1. The molecule has 0 atom stereocenters. The van der Waals surface area contributed by atoms with Crippen molar-refractivity contribution in [1.29, 1.82) is 0 Å². The first-order valence-corrected chi connectivity index (χ1v) is 8.94. The Hall–Kier alpha value is -3.28. The van der Waals surface area contributed by atoms with Gasteiger partial charge in [-0.15, -0.1) is 11.3 Å². The maximum atomic E-state index is 14.0. The van der Waals surface area contributed by atoms with Gasteiger partial charge in [0.05, 0.1) is 18.4 Å². The van der Waals surface area contributed by atoms with Crippen LogP contribution in [0.5, 0.6) is 0 Å². The zero-order valence-corrected chi connectivity index (χ0v) is 15.5. The van der Waals surface area contributed by atoms with Crippen molar-refractivity contribution in [3.8, 4) is 5.69 Å². The summed E-state index contributed by atoms with van der Waals surface area (Å²) < 4.78 is 59.9. The van der Waals surface area contributed by atoms with E-state index < -0.39 is 40.8 Å². The topological polar surface area (TPSA) is 86.1 Å². The Balaban J connectivity index is 1.94. The van der Waals surface area contributed by atoms with Crippen molar-refractivity contribution >= 4 is 28.3 Å². The van der Waals surface area contributed by atoms with E-state index in [4.69, 9.17) is 4.74 Å². The lowest BCUT2D eigenvalue weighted by Crippen LogP contribution is -2.21. The molecule has 12 heteroatoms. The van der Waals surface area contributed by atoms with Gasteiger partial charge in [0.2, 0.25) is 0 Å². The summed E-state index contributed by atoms with van der Waals surface area (Å²) in [5.41, 5.74) is -2.82. The molecule has 3 rings (SSSR count). The summed E-state index contributed by atoms with van der Waals surface area (Å²) in [7, 11) is 0. The lowest BCUT2D eigenvalue weighted by atomic mass is 10.2. The van der Waals surface area contributed by atoms with Crippen LogP contribution >= 0.6 is 11.3 Å². The molecule has 2 heterocycles. The Labute approximate surface area is 164 Å². The van der Waals surface area contributed by atoms with Gasteiger partial charge in [-0.05, 0) is 19.1 Å². The number of carbonyl (C=O) groups is 2. The second kappa shape index (κ2) is 7.99. The number of hydrogen-bond acceptors (Lipinski definition) is 6. The van der Waals surface area contributed by atoms with E-state index in [1.807, 2.05) is 0 Å². The summed E-state index contributed by atoms with van der Waals surface area (Å²) >= 11 is 0.833. The third-order valence-corrected chi connectivity index (χ3v) is 4.33. The second-order valence-corrected chi connectivity index (χ2v) is 6.34. The zero-order valence-electron chi connectivity index (χ0n) is 14.7. The van der Waals surface area contributed by atoms with Crippen molar-refractivity contribution in [1.82, 2.24) is 14.8 Å². The number of alkyl halides is 3. The summed E-state index contributed by atoms with van der Waals surface area (Å²) in [4.78, 5) is 27.8. The third-order valence-electron chi connectivity index (χ3n) is 3.57. The number of aromatic nitrogens is 3. The molecule has 152 valence electrons. The molecule has 3 aromatic rings. The summed E-state index contributed by atoms with van der Waals surface area (Å²) in [5.74, 6) is -2.83. The van der Waals surface area contributed by atoms with E-state index in [1.54, 1.807) is 6.92 Å². The van der Waals surface area contributed by atoms with Gasteiger partial charge in [0, 0.05) is 5.38 Å². The number of benzene rings is 1. The normalized spacial score (nSPS) is 11.3. The highest BCUT2D eigenvalue weighted by Gasteiger charge is 2.41. The number of nitrogens with zero attached hydrogens (tertiary/aromatic N) is 3. The predicted octanol–water partition coefficient (Wildman–Crippen LogP) is 3.92. The maximum absolute atomic E-state index is 14.0. The van der Waals surface area contributed by atoms with Gasteiger partial charge in [-0.3, -0.25) is 10.1 Å². The monoisotopic (exact) mass is 428 g/mol. The van der Waals surface area contributed by atoms with Gasteiger partial charge in [0.1, 0.15) is 11.5 Å². The van der Waals surface area contributed by atoms with Crippen LogP contribution in [-0.2, 0) is 10.9 Å². The fourth-order valence-electron chi connectivity index (χ4n) is 2.39. The minimum absolute atomic E-state index is 0.0924. The molecule has 0 spiro atoms. The minimum atomic E-state index is -5.00. The summed E-state index contributed by atoms with van der Waals surface area (Å²) in [6, 6.07) is 4.73. The predicted molar refractivity (Wildman–Crippen MR) is 94.5 cm³/mol. The van der Waals surface area contributed by atoms with E-state index in [-0.39, 0.29) is 17.4 Å². The number of nitrogens with one attached hydrogen (secondary N) is 1. The highest BCUT2D eigenvalue weighted by Crippen LogP contribution is 2.34. The van der Waals surface area contributed by atoms with Crippen molar-refractivity contribution < 1.29 is 31.9 Å². The first kappa shape index (κ1) is 20.5. The van der Waals surface area contributed by atoms with Gasteiger partial charge < -0.3 is 4.74 Å². The second-order valence-electron chi connectivity index (χ2n) is 5.48. The number of ether oxygens (including phenoxy) is 1. The Morgan fingerprint density at radius 3 is 2.66 bits per heavy atom. The van der Waals surface area contributed by atoms with Gasteiger partial charge in [-0.1, -0.05) is 12.1 Å². The molecule has 0 unspecified atom stereocenters. The molecule has 0 radical (unpaired) electrons. The average molecular weight is 428 g/mol. The minimum Gasteiger partial charge on any atom is -0.461 e. The Bertz CT molecular complexity index is 1060. The van der Waals surface area contributed by atoms with Gasteiger partial charge >= 0.3 is 12.1 Å². The van der Waals surface area contributed by atoms with Crippen molar-refractivity contribution in [2.24, 2.45) is 0 Å². The molecule has 0 aliphatic rings. The van der Waals surface area contributed by atoms with Crippen LogP contribution < -0.4 is 5.32 Å². The van der Waals surface area contributed by atoms with Gasteiger partial charge in [0.25, 0.3) is 5.91 Å². The Morgan fingerprint density at radius 2 is 2.00 bits per heavy atom. The van der Waals surface area contributed by atoms with Crippen LogP contribution in [0.1, 0.15) is 33.5 Å².